The summed E-state index contributed by atoms with van der Waals surface area (Å²) in [6.07, 6.45) is -0.794. The van der Waals surface area contributed by atoms with Crippen molar-refractivity contribution >= 4 is 11.6 Å². The topological polar surface area (TPSA) is 64.7 Å². The van der Waals surface area contributed by atoms with Crippen LogP contribution in [0.1, 0.15) is 11.7 Å². The van der Waals surface area contributed by atoms with Gasteiger partial charge in [-0.15, -0.1) is 0 Å². The minimum atomic E-state index is -0.794. The summed E-state index contributed by atoms with van der Waals surface area (Å²) in [7, 11) is 3.04. The number of benzene rings is 1. The van der Waals surface area contributed by atoms with Crippen LogP contribution >= 0.6 is 11.6 Å². The van der Waals surface area contributed by atoms with Crippen molar-refractivity contribution in [3.05, 3.63) is 22.7 Å². The van der Waals surface area contributed by atoms with Gasteiger partial charge in [0.1, 0.15) is 0 Å². The maximum atomic E-state index is 9.59. The summed E-state index contributed by atoms with van der Waals surface area (Å²) in [6, 6.07) is 3.22. The van der Waals surface area contributed by atoms with Gasteiger partial charge < -0.3 is 20.3 Å². The van der Waals surface area contributed by atoms with Crippen LogP contribution in [0.15, 0.2) is 12.1 Å². The van der Waals surface area contributed by atoms with E-state index in [0.717, 1.165) is 0 Å². The number of nitrogens with two attached hydrogens (primary N) is 1. The van der Waals surface area contributed by atoms with Crippen molar-refractivity contribution in [2.45, 2.75) is 6.10 Å². The number of halogens is 1. The molecule has 84 valence electrons. The summed E-state index contributed by atoms with van der Waals surface area (Å²) in [5, 5.41) is 10.00. The molecule has 4 nitrogen and oxygen atoms in total. The molecule has 1 rings (SSSR count). The highest BCUT2D eigenvalue weighted by atomic mass is 35.5. The summed E-state index contributed by atoms with van der Waals surface area (Å²) in [5.41, 5.74) is 5.89. The van der Waals surface area contributed by atoms with Gasteiger partial charge in [0.25, 0.3) is 0 Å². The molecular formula is C10H14ClNO3. The number of hydrogen-bond donors (Lipinski definition) is 2. The highest BCUT2D eigenvalue weighted by molar-refractivity contribution is 6.31. The Morgan fingerprint density at radius 3 is 2.33 bits per heavy atom. The predicted octanol–water partition coefficient (Wildman–Crippen LogP) is 1.35. The lowest BCUT2D eigenvalue weighted by Gasteiger charge is -2.14. The summed E-state index contributed by atoms with van der Waals surface area (Å²) in [6.45, 7) is 0.106. The van der Waals surface area contributed by atoms with Crippen LogP contribution < -0.4 is 15.2 Å². The Kier molecular flexibility index (Phi) is 4.20. The fraction of sp³-hybridized carbons (Fsp3) is 0.400. The maximum absolute atomic E-state index is 9.59. The summed E-state index contributed by atoms with van der Waals surface area (Å²) < 4.78 is 10.2. The van der Waals surface area contributed by atoms with Crippen LogP contribution in [0, 0.1) is 0 Å². The average Bonchev–Trinajstić information content (AvgIpc) is 2.27. The minimum absolute atomic E-state index is 0.106. The van der Waals surface area contributed by atoms with E-state index in [1.807, 2.05) is 0 Å². The Hall–Kier alpha value is -0.970. The van der Waals surface area contributed by atoms with Crippen LogP contribution in [0.25, 0.3) is 0 Å². The summed E-state index contributed by atoms with van der Waals surface area (Å²) >= 11 is 5.96. The van der Waals surface area contributed by atoms with Gasteiger partial charge in [0.15, 0.2) is 11.5 Å². The second-order valence-corrected chi connectivity index (χ2v) is 3.39. The highest BCUT2D eigenvalue weighted by Crippen LogP contribution is 2.35. The highest BCUT2D eigenvalue weighted by Gasteiger charge is 2.14. The van der Waals surface area contributed by atoms with Gasteiger partial charge in [0, 0.05) is 18.2 Å². The molecule has 1 aromatic rings. The van der Waals surface area contributed by atoms with Crippen LogP contribution in [0.4, 0.5) is 0 Å². The van der Waals surface area contributed by atoms with Crippen LogP contribution in [0.2, 0.25) is 5.02 Å². The third-order valence-electron chi connectivity index (χ3n) is 2.09. The van der Waals surface area contributed by atoms with Gasteiger partial charge in [-0.2, -0.15) is 0 Å². The molecule has 15 heavy (non-hydrogen) atoms. The molecular weight excluding hydrogens is 218 g/mol. The molecule has 0 saturated heterocycles. The van der Waals surface area contributed by atoms with E-state index in [2.05, 4.69) is 0 Å². The Morgan fingerprint density at radius 1 is 1.33 bits per heavy atom. The molecule has 5 heteroatoms. The number of ether oxygens (including phenoxy) is 2. The van der Waals surface area contributed by atoms with Crippen molar-refractivity contribution in [1.29, 1.82) is 0 Å². The Balaban J connectivity index is 3.19. The van der Waals surface area contributed by atoms with E-state index in [4.69, 9.17) is 26.8 Å². The van der Waals surface area contributed by atoms with Crippen LogP contribution in [-0.2, 0) is 0 Å². The van der Waals surface area contributed by atoms with E-state index in [1.165, 1.54) is 14.2 Å². The van der Waals surface area contributed by atoms with E-state index in [9.17, 15) is 5.11 Å². The molecule has 0 saturated carbocycles. The van der Waals surface area contributed by atoms with Crippen molar-refractivity contribution < 1.29 is 14.6 Å². The molecule has 0 spiro atoms. The molecule has 0 aliphatic heterocycles. The predicted molar refractivity (Wildman–Crippen MR) is 58.6 cm³/mol. The van der Waals surface area contributed by atoms with Crippen LogP contribution in [0.5, 0.6) is 11.5 Å². The van der Waals surface area contributed by atoms with Crippen molar-refractivity contribution in [3.63, 3.8) is 0 Å². The minimum Gasteiger partial charge on any atom is -0.493 e. The first-order valence-electron chi connectivity index (χ1n) is 4.43. The lowest BCUT2D eigenvalue weighted by molar-refractivity contribution is 0.186. The first-order valence-corrected chi connectivity index (χ1v) is 4.81. The van der Waals surface area contributed by atoms with Gasteiger partial charge in [-0.3, -0.25) is 0 Å². The third-order valence-corrected chi connectivity index (χ3v) is 2.41. The average molecular weight is 232 g/mol. The number of methoxy groups -OCH3 is 2. The molecule has 1 atom stereocenters. The molecule has 3 N–H and O–H groups in total. The summed E-state index contributed by atoms with van der Waals surface area (Å²) in [5.74, 6) is 1.04. The van der Waals surface area contributed by atoms with Gasteiger partial charge in [0.05, 0.1) is 25.3 Å². The lowest BCUT2D eigenvalue weighted by Crippen LogP contribution is -2.12. The normalized spacial score (nSPS) is 12.3. The molecule has 0 radical (unpaired) electrons. The molecule has 0 aromatic heterocycles. The third kappa shape index (κ3) is 2.53. The SMILES string of the molecule is COc1cc(Cl)c([C@@H](O)CN)cc1OC. The molecule has 0 fully saturated rings. The number of aliphatic hydroxyl groups is 1. The number of aliphatic hydroxyl groups excluding tert-OH is 1. The van der Waals surface area contributed by atoms with E-state index in [0.29, 0.717) is 22.1 Å². The van der Waals surface area contributed by atoms with Crippen LogP contribution in [-0.4, -0.2) is 25.9 Å². The van der Waals surface area contributed by atoms with Gasteiger partial charge in [-0.05, 0) is 6.07 Å². The standard InChI is InChI=1S/C10H14ClNO3/c1-14-9-3-6(8(13)5-12)7(11)4-10(9)15-2/h3-4,8,13H,5,12H2,1-2H3/t8-/m0/s1. The smallest absolute Gasteiger partial charge is 0.162 e. The van der Waals surface area contributed by atoms with Crippen molar-refractivity contribution in [2.75, 3.05) is 20.8 Å². The molecule has 0 bridgehead atoms. The zero-order valence-corrected chi connectivity index (χ0v) is 9.41. The zero-order valence-electron chi connectivity index (χ0n) is 8.66. The monoisotopic (exact) mass is 231 g/mol. The largest absolute Gasteiger partial charge is 0.493 e. The fourth-order valence-corrected chi connectivity index (χ4v) is 1.53. The molecule has 1 aromatic carbocycles. The molecule has 0 aliphatic carbocycles. The van der Waals surface area contributed by atoms with E-state index >= 15 is 0 Å². The second-order valence-electron chi connectivity index (χ2n) is 2.98. The molecule has 0 amide bonds. The van der Waals surface area contributed by atoms with E-state index < -0.39 is 6.10 Å². The molecule has 0 unspecified atom stereocenters. The van der Waals surface area contributed by atoms with E-state index in [1.54, 1.807) is 12.1 Å². The second kappa shape index (κ2) is 5.21. The van der Waals surface area contributed by atoms with Crippen molar-refractivity contribution in [2.24, 2.45) is 5.73 Å². The van der Waals surface area contributed by atoms with Gasteiger partial charge in [-0.1, -0.05) is 11.6 Å². The first-order chi connectivity index (χ1) is 7.13. The maximum Gasteiger partial charge on any atom is 0.162 e. The van der Waals surface area contributed by atoms with Crippen LogP contribution in [0.3, 0.4) is 0 Å². The molecule has 0 aliphatic rings. The molecule has 0 heterocycles. The van der Waals surface area contributed by atoms with Crippen molar-refractivity contribution in [1.82, 2.24) is 0 Å². The Labute approximate surface area is 93.6 Å². The fourth-order valence-electron chi connectivity index (χ4n) is 1.25. The summed E-state index contributed by atoms with van der Waals surface area (Å²) in [4.78, 5) is 0. The Bertz CT molecular complexity index is 344. The zero-order chi connectivity index (χ0) is 11.4. The first kappa shape index (κ1) is 12.1. The Morgan fingerprint density at radius 2 is 1.87 bits per heavy atom. The van der Waals surface area contributed by atoms with E-state index in [-0.39, 0.29) is 6.54 Å². The number of rotatable bonds is 4. The van der Waals surface area contributed by atoms with Gasteiger partial charge >= 0.3 is 0 Å². The van der Waals surface area contributed by atoms with Crippen molar-refractivity contribution in [3.8, 4) is 11.5 Å². The number of hydrogen-bond acceptors (Lipinski definition) is 4. The van der Waals surface area contributed by atoms with Gasteiger partial charge in [-0.25, -0.2) is 0 Å². The van der Waals surface area contributed by atoms with Gasteiger partial charge in [0.2, 0.25) is 0 Å². The lowest BCUT2D eigenvalue weighted by atomic mass is 10.1. The quantitative estimate of drug-likeness (QED) is 0.821.